The molecule has 0 aliphatic carbocycles. The van der Waals surface area contributed by atoms with Crippen LogP contribution >= 0.6 is 12.6 Å². The Morgan fingerprint density at radius 1 is 0.853 bits per heavy atom. The van der Waals surface area contributed by atoms with Crippen molar-refractivity contribution in [3.05, 3.63) is 71.9 Å². The summed E-state index contributed by atoms with van der Waals surface area (Å²) < 4.78 is 0. The molecule has 2 amide bonds. The normalized spacial score (nSPS) is 13.6. The molecule has 2 aromatic carbocycles. The van der Waals surface area contributed by atoms with Crippen LogP contribution in [0.1, 0.15) is 17.5 Å². The summed E-state index contributed by atoms with van der Waals surface area (Å²) in [4.78, 5) is 51.6. The summed E-state index contributed by atoms with van der Waals surface area (Å²) in [6, 6.07) is 13.6. The molecular weight excluding hydrogens is 458 g/mol. The third-order valence-electron chi connectivity index (χ3n) is 5.30. The van der Waals surface area contributed by atoms with E-state index in [9.17, 15) is 29.4 Å². The molecule has 5 N–H and O–H groups in total. The maximum Gasteiger partial charge on any atom is 0.326 e. The Bertz CT molecular complexity index is 1180. The predicted octanol–water partition coefficient (Wildman–Crippen LogP) is 1.78. The number of aromatic amines is 1. The number of carbonyl (C=O) groups excluding carboxylic acids is 2. The smallest absolute Gasteiger partial charge is 0.326 e. The van der Waals surface area contributed by atoms with E-state index in [2.05, 4.69) is 28.2 Å². The Kier molecular flexibility index (Phi) is 8.31. The Morgan fingerprint density at radius 3 is 2.18 bits per heavy atom. The van der Waals surface area contributed by atoms with E-state index in [1.807, 2.05) is 54.6 Å². The van der Waals surface area contributed by atoms with Gasteiger partial charge in [-0.25, -0.2) is 4.79 Å². The molecule has 0 fully saturated rings. The number of aliphatic carboxylic acids is 2. The number of carboxylic acid groups (broad SMARTS) is 2. The van der Waals surface area contributed by atoms with Crippen LogP contribution in [0.5, 0.6) is 0 Å². The first-order chi connectivity index (χ1) is 16.2. The minimum Gasteiger partial charge on any atom is -0.481 e. The number of carboxylic acids is 2. The topological polar surface area (TPSA) is 149 Å². The lowest BCUT2D eigenvalue weighted by Crippen LogP contribution is -2.54. The molecule has 0 spiro atoms. The molecule has 3 rings (SSSR count). The van der Waals surface area contributed by atoms with Crippen molar-refractivity contribution in [1.82, 2.24) is 15.6 Å². The van der Waals surface area contributed by atoms with E-state index in [4.69, 9.17) is 0 Å². The molecule has 3 aromatic rings. The summed E-state index contributed by atoms with van der Waals surface area (Å²) in [6.07, 6.45) is 1.21. The lowest BCUT2D eigenvalue weighted by atomic mass is 10.0. The molecule has 0 unspecified atom stereocenters. The number of benzene rings is 2. The number of fused-ring (bicyclic) bond motifs is 1. The molecule has 3 atom stereocenters. The van der Waals surface area contributed by atoms with Crippen molar-refractivity contribution in [2.45, 2.75) is 36.6 Å². The fourth-order valence-corrected chi connectivity index (χ4v) is 3.86. The van der Waals surface area contributed by atoms with Gasteiger partial charge in [-0.15, -0.1) is 0 Å². The van der Waals surface area contributed by atoms with Crippen molar-refractivity contribution in [3.63, 3.8) is 0 Å². The van der Waals surface area contributed by atoms with E-state index in [0.29, 0.717) is 5.56 Å². The molecule has 34 heavy (non-hydrogen) atoms. The first-order valence-corrected chi connectivity index (χ1v) is 11.1. The van der Waals surface area contributed by atoms with E-state index in [1.165, 1.54) is 0 Å². The third-order valence-corrected chi connectivity index (χ3v) is 5.72. The fraction of sp³-hybridized carbons (Fsp3) is 0.250. The highest BCUT2D eigenvalue weighted by Gasteiger charge is 2.30. The van der Waals surface area contributed by atoms with Crippen molar-refractivity contribution in [1.29, 1.82) is 0 Å². The third kappa shape index (κ3) is 6.61. The second-order valence-corrected chi connectivity index (χ2v) is 8.45. The number of rotatable bonds is 11. The lowest BCUT2D eigenvalue weighted by molar-refractivity contribution is -0.143. The number of carbonyl (C=O) groups is 4. The number of amides is 2. The fourth-order valence-electron chi connectivity index (χ4n) is 3.57. The lowest BCUT2D eigenvalue weighted by Gasteiger charge is -2.22. The zero-order valence-corrected chi connectivity index (χ0v) is 19.0. The van der Waals surface area contributed by atoms with E-state index in [-0.39, 0.29) is 12.8 Å². The van der Waals surface area contributed by atoms with Gasteiger partial charge in [-0.1, -0.05) is 48.5 Å². The Labute approximate surface area is 201 Å². The standard InChI is InChI=1S/C24H25N3O6S/c28-21(29)12-18(26-23(31)20(34)10-14-6-2-1-3-7-14)22(30)27-19(24(32)33)11-15-13-25-17-9-5-4-8-16(15)17/h1-9,13,18-20,25,34H,10-12H2,(H,26,31)(H,27,30)(H,28,29)(H,32,33)/t18-,19+,20+/m1/s1. The van der Waals surface area contributed by atoms with Crippen LogP contribution in [0, 0.1) is 0 Å². The van der Waals surface area contributed by atoms with Gasteiger partial charge in [0.25, 0.3) is 0 Å². The Balaban J connectivity index is 1.69. The quantitative estimate of drug-likeness (QED) is 0.229. The SMILES string of the molecule is O=C(O)C[C@@H](NC(=O)[C@@H](S)Cc1ccccc1)C(=O)N[C@@H](Cc1c[nH]c2ccccc12)C(=O)O. The van der Waals surface area contributed by atoms with Gasteiger partial charge >= 0.3 is 11.9 Å². The van der Waals surface area contributed by atoms with E-state index in [0.717, 1.165) is 16.5 Å². The van der Waals surface area contributed by atoms with Gasteiger partial charge in [-0.3, -0.25) is 14.4 Å². The summed E-state index contributed by atoms with van der Waals surface area (Å²) in [5.74, 6) is -4.13. The first-order valence-electron chi connectivity index (χ1n) is 10.6. The molecule has 1 heterocycles. The molecule has 1 aromatic heterocycles. The molecule has 9 nitrogen and oxygen atoms in total. The number of para-hydroxylation sites is 1. The molecule has 0 bridgehead atoms. The molecular formula is C24H25N3O6S. The number of H-pyrrole nitrogens is 1. The van der Waals surface area contributed by atoms with E-state index in [1.54, 1.807) is 6.20 Å². The molecule has 0 radical (unpaired) electrons. The predicted molar refractivity (Wildman–Crippen MR) is 129 cm³/mol. The highest BCUT2D eigenvalue weighted by Crippen LogP contribution is 2.19. The maximum atomic E-state index is 12.8. The molecule has 10 heteroatoms. The van der Waals surface area contributed by atoms with Gasteiger partial charge in [0.1, 0.15) is 12.1 Å². The van der Waals surface area contributed by atoms with E-state index < -0.39 is 47.5 Å². The van der Waals surface area contributed by atoms with Crippen molar-refractivity contribution < 1.29 is 29.4 Å². The number of hydrogen-bond donors (Lipinski definition) is 6. The van der Waals surface area contributed by atoms with Gasteiger partial charge in [0.05, 0.1) is 11.7 Å². The zero-order chi connectivity index (χ0) is 24.7. The number of nitrogens with one attached hydrogen (secondary N) is 3. The minimum absolute atomic E-state index is 0.0258. The Morgan fingerprint density at radius 2 is 1.50 bits per heavy atom. The first kappa shape index (κ1) is 24.8. The van der Waals surface area contributed by atoms with Gasteiger partial charge in [0.15, 0.2) is 0 Å². The van der Waals surface area contributed by atoms with Crippen molar-refractivity contribution in [3.8, 4) is 0 Å². The second kappa shape index (κ2) is 11.4. The minimum atomic E-state index is -1.46. The summed E-state index contributed by atoms with van der Waals surface area (Å²) >= 11 is 4.28. The summed E-state index contributed by atoms with van der Waals surface area (Å²) in [5, 5.41) is 23.6. The average molecular weight is 484 g/mol. The average Bonchev–Trinajstić information content (AvgIpc) is 3.21. The van der Waals surface area contributed by atoms with Crippen LogP contribution in [0.15, 0.2) is 60.8 Å². The number of hydrogen-bond acceptors (Lipinski definition) is 5. The van der Waals surface area contributed by atoms with Gasteiger partial charge in [-0.2, -0.15) is 12.6 Å². The van der Waals surface area contributed by atoms with Gasteiger partial charge in [0.2, 0.25) is 11.8 Å². The summed E-state index contributed by atoms with van der Waals surface area (Å²) in [5.41, 5.74) is 2.35. The molecule has 0 aliphatic heterocycles. The highest BCUT2D eigenvalue weighted by molar-refractivity contribution is 7.81. The van der Waals surface area contributed by atoms with Crippen LogP contribution in [0.3, 0.4) is 0 Å². The molecule has 0 saturated carbocycles. The van der Waals surface area contributed by atoms with Crippen LogP contribution < -0.4 is 10.6 Å². The van der Waals surface area contributed by atoms with Crippen LogP contribution in [-0.4, -0.2) is 56.3 Å². The number of thiol groups is 1. The van der Waals surface area contributed by atoms with Crippen molar-refractivity contribution in [2.75, 3.05) is 0 Å². The van der Waals surface area contributed by atoms with E-state index >= 15 is 0 Å². The monoisotopic (exact) mass is 483 g/mol. The van der Waals surface area contributed by atoms with Gasteiger partial charge < -0.3 is 25.8 Å². The number of aromatic nitrogens is 1. The molecule has 0 saturated heterocycles. The zero-order valence-electron chi connectivity index (χ0n) is 18.1. The van der Waals surface area contributed by atoms with Crippen molar-refractivity contribution in [2.24, 2.45) is 0 Å². The second-order valence-electron chi connectivity index (χ2n) is 7.83. The van der Waals surface area contributed by atoms with Crippen LogP contribution in [-0.2, 0) is 32.0 Å². The summed E-state index contributed by atoms with van der Waals surface area (Å²) in [6.45, 7) is 0. The Hall–Kier alpha value is -3.79. The van der Waals surface area contributed by atoms with Gasteiger partial charge in [-0.05, 0) is 23.6 Å². The van der Waals surface area contributed by atoms with Gasteiger partial charge in [0, 0.05) is 23.5 Å². The van der Waals surface area contributed by atoms with Crippen LogP contribution in [0.25, 0.3) is 10.9 Å². The molecule has 0 aliphatic rings. The summed E-state index contributed by atoms with van der Waals surface area (Å²) in [7, 11) is 0. The van der Waals surface area contributed by atoms with Crippen LogP contribution in [0.4, 0.5) is 0 Å². The van der Waals surface area contributed by atoms with Crippen LogP contribution in [0.2, 0.25) is 0 Å². The molecule has 178 valence electrons. The highest BCUT2D eigenvalue weighted by atomic mass is 32.1. The largest absolute Gasteiger partial charge is 0.481 e. The van der Waals surface area contributed by atoms with Crippen molar-refractivity contribution >= 4 is 47.3 Å². The maximum absolute atomic E-state index is 12.8.